The molecule has 0 spiro atoms. The molecule has 1 aromatic heterocycles. The fourth-order valence-corrected chi connectivity index (χ4v) is 3.43. The number of halogens is 3. The fourth-order valence-electron chi connectivity index (χ4n) is 3.43. The number of nitrogens with two attached hydrogens (primary N) is 2. The Morgan fingerprint density at radius 1 is 1.10 bits per heavy atom. The Bertz CT molecular complexity index is 1170. The van der Waals surface area contributed by atoms with Crippen molar-refractivity contribution in [1.82, 2.24) is 4.98 Å². The quantitative estimate of drug-likeness (QED) is 0.267. The van der Waals surface area contributed by atoms with E-state index >= 15 is 0 Å². The third-order valence-electron chi connectivity index (χ3n) is 5.01. The summed E-state index contributed by atoms with van der Waals surface area (Å²) in [5.74, 6) is 3.73. The van der Waals surface area contributed by atoms with E-state index in [1.807, 2.05) is 0 Å². The van der Waals surface area contributed by atoms with Crippen LogP contribution in [-0.2, 0) is 10.2 Å². The van der Waals surface area contributed by atoms with Gasteiger partial charge in [0.1, 0.15) is 0 Å². The Morgan fingerprint density at radius 2 is 1.77 bits per heavy atom. The Morgan fingerprint density at radius 3 is 2.32 bits per heavy atom. The molecule has 1 atom stereocenters. The number of carbonyl (C=O) groups is 1. The predicted molar refractivity (Wildman–Crippen MR) is 107 cm³/mol. The van der Waals surface area contributed by atoms with Gasteiger partial charge in [-0.2, -0.15) is 18.3 Å². The summed E-state index contributed by atoms with van der Waals surface area (Å²) in [5.41, 5.74) is 1.57. The van der Waals surface area contributed by atoms with Crippen molar-refractivity contribution < 1.29 is 22.9 Å². The first-order valence-corrected chi connectivity index (χ1v) is 8.84. The monoisotopic (exact) mass is 431 g/mol. The first kappa shape index (κ1) is 21.7. The number of aromatic nitrogens is 1. The highest BCUT2D eigenvalue weighted by atomic mass is 19.4. The van der Waals surface area contributed by atoms with Crippen molar-refractivity contribution in [3.8, 4) is 0 Å². The molecule has 31 heavy (non-hydrogen) atoms. The van der Waals surface area contributed by atoms with E-state index in [1.165, 1.54) is 42.6 Å². The molecule has 3 aromatic rings. The van der Waals surface area contributed by atoms with Gasteiger partial charge in [0.25, 0.3) is 5.69 Å². The topological polar surface area (TPSA) is 138 Å². The van der Waals surface area contributed by atoms with Crippen LogP contribution in [0.3, 0.4) is 0 Å². The summed E-state index contributed by atoms with van der Waals surface area (Å²) >= 11 is 0. The molecule has 4 N–H and O–H groups in total. The second kappa shape index (κ2) is 8.01. The smallest absolute Gasteiger partial charge is 0.369 e. The van der Waals surface area contributed by atoms with Crippen LogP contribution in [0.2, 0.25) is 0 Å². The van der Waals surface area contributed by atoms with Gasteiger partial charge in [-0.25, -0.2) is 0 Å². The number of rotatable bonds is 6. The number of hydrazone groups is 1. The predicted octanol–water partition coefficient (Wildman–Crippen LogP) is 3.18. The molecule has 1 heterocycles. The Balaban J connectivity index is 2.22. The number of hydrogen-bond donors (Lipinski definition) is 2. The number of fused-ring (bicyclic) bond motifs is 1. The Labute approximate surface area is 173 Å². The number of nitrogens with zero attached hydrogens (tertiary/aromatic N) is 3. The highest BCUT2D eigenvalue weighted by molar-refractivity contribution is 6.06. The maximum atomic E-state index is 14.5. The molecular formula is C20H16F3N5O3. The van der Waals surface area contributed by atoms with Crippen molar-refractivity contribution in [2.24, 2.45) is 16.7 Å². The van der Waals surface area contributed by atoms with E-state index in [9.17, 15) is 28.1 Å². The number of carbonyl (C=O) groups excluding carboxylic acids is 1. The standard InChI is InChI=1S/C20H16F3N5O3/c21-20(22,23)19(18(24)29,15-4-1-5-16-14(15)3-2-10-26-16)11-17(27-25)12-6-8-13(9-7-12)28(30)31/h1-10H,11,25H2,(H2,24,29)/b27-17-. The molecule has 8 nitrogen and oxygen atoms in total. The molecule has 0 aliphatic rings. The van der Waals surface area contributed by atoms with Crippen LogP contribution >= 0.6 is 0 Å². The molecule has 1 amide bonds. The average molecular weight is 431 g/mol. The molecule has 1 unspecified atom stereocenters. The van der Waals surface area contributed by atoms with Crippen molar-refractivity contribution in [3.63, 3.8) is 0 Å². The molecule has 0 aliphatic carbocycles. The largest absolute Gasteiger partial charge is 0.407 e. The van der Waals surface area contributed by atoms with E-state index in [1.54, 1.807) is 0 Å². The van der Waals surface area contributed by atoms with E-state index in [0.717, 1.165) is 18.2 Å². The number of primary amides is 1. The minimum Gasteiger partial charge on any atom is -0.369 e. The van der Waals surface area contributed by atoms with Crippen molar-refractivity contribution in [2.45, 2.75) is 18.0 Å². The minimum absolute atomic E-state index is 0.0846. The maximum Gasteiger partial charge on any atom is 0.407 e. The van der Waals surface area contributed by atoms with Gasteiger partial charge < -0.3 is 11.6 Å². The van der Waals surface area contributed by atoms with Crippen LogP contribution in [0, 0.1) is 10.1 Å². The minimum atomic E-state index is -5.11. The number of nitro groups is 1. The van der Waals surface area contributed by atoms with Crippen LogP contribution in [0.25, 0.3) is 10.9 Å². The van der Waals surface area contributed by atoms with Crippen molar-refractivity contribution in [3.05, 3.63) is 82.0 Å². The van der Waals surface area contributed by atoms with Gasteiger partial charge in [-0.3, -0.25) is 19.9 Å². The van der Waals surface area contributed by atoms with Crippen LogP contribution in [0.15, 0.2) is 65.9 Å². The van der Waals surface area contributed by atoms with Crippen LogP contribution in [0.4, 0.5) is 18.9 Å². The number of hydrogen-bond acceptors (Lipinski definition) is 6. The summed E-state index contributed by atoms with van der Waals surface area (Å²) in [7, 11) is 0. The second-order valence-electron chi connectivity index (χ2n) is 6.70. The second-order valence-corrected chi connectivity index (χ2v) is 6.70. The van der Waals surface area contributed by atoms with Gasteiger partial charge >= 0.3 is 6.18 Å². The molecule has 160 valence electrons. The van der Waals surface area contributed by atoms with E-state index in [4.69, 9.17) is 11.6 Å². The zero-order valence-corrected chi connectivity index (χ0v) is 15.8. The molecule has 0 aliphatic heterocycles. The van der Waals surface area contributed by atoms with E-state index in [2.05, 4.69) is 10.1 Å². The lowest BCUT2D eigenvalue weighted by Gasteiger charge is -2.34. The van der Waals surface area contributed by atoms with Gasteiger partial charge in [0.2, 0.25) is 5.91 Å². The highest BCUT2D eigenvalue weighted by Gasteiger charge is 2.61. The lowest BCUT2D eigenvalue weighted by molar-refractivity contribution is -0.384. The van der Waals surface area contributed by atoms with Gasteiger partial charge in [0.15, 0.2) is 5.41 Å². The zero-order chi connectivity index (χ0) is 22.8. The van der Waals surface area contributed by atoms with Gasteiger partial charge in [-0.05, 0) is 35.4 Å². The van der Waals surface area contributed by atoms with Gasteiger partial charge in [-0.1, -0.05) is 18.2 Å². The summed E-state index contributed by atoms with van der Waals surface area (Å²) < 4.78 is 43.5. The summed E-state index contributed by atoms with van der Waals surface area (Å²) in [5, 5.41) is 14.4. The first-order chi connectivity index (χ1) is 14.6. The Kier molecular flexibility index (Phi) is 5.60. The summed E-state index contributed by atoms with van der Waals surface area (Å²) in [4.78, 5) is 26.7. The van der Waals surface area contributed by atoms with Crippen molar-refractivity contribution in [1.29, 1.82) is 0 Å². The van der Waals surface area contributed by atoms with Gasteiger partial charge in [0.05, 0.1) is 16.2 Å². The lowest BCUT2D eigenvalue weighted by atomic mass is 9.72. The summed E-state index contributed by atoms with van der Waals surface area (Å²) in [6.07, 6.45) is -4.71. The lowest BCUT2D eigenvalue weighted by Crippen LogP contribution is -2.54. The molecular weight excluding hydrogens is 415 g/mol. The fraction of sp³-hybridized carbons (Fsp3) is 0.150. The third kappa shape index (κ3) is 3.77. The van der Waals surface area contributed by atoms with Gasteiger partial charge in [-0.15, -0.1) is 0 Å². The molecule has 0 saturated heterocycles. The molecule has 2 aromatic carbocycles. The number of pyridine rings is 1. The number of non-ortho nitro benzene ring substituents is 1. The molecule has 0 fully saturated rings. The van der Waals surface area contributed by atoms with Gasteiger partial charge in [0, 0.05) is 30.1 Å². The zero-order valence-electron chi connectivity index (χ0n) is 15.8. The first-order valence-electron chi connectivity index (χ1n) is 8.84. The maximum absolute atomic E-state index is 14.5. The highest BCUT2D eigenvalue weighted by Crippen LogP contribution is 2.46. The molecule has 0 radical (unpaired) electrons. The molecule has 0 bridgehead atoms. The van der Waals surface area contributed by atoms with Crippen LogP contribution in [0.5, 0.6) is 0 Å². The van der Waals surface area contributed by atoms with Crippen LogP contribution in [-0.4, -0.2) is 27.7 Å². The third-order valence-corrected chi connectivity index (χ3v) is 5.01. The number of alkyl halides is 3. The van der Waals surface area contributed by atoms with E-state index < -0.39 is 28.8 Å². The Hall–Kier alpha value is -4.02. The van der Waals surface area contributed by atoms with E-state index in [-0.39, 0.29) is 33.4 Å². The van der Waals surface area contributed by atoms with E-state index in [0.29, 0.717) is 0 Å². The van der Waals surface area contributed by atoms with Crippen LogP contribution in [0.1, 0.15) is 17.5 Å². The molecule has 0 saturated carbocycles. The normalized spacial score (nSPS) is 14.2. The van der Waals surface area contributed by atoms with Crippen LogP contribution < -0.4 is 11.6 Å². The number of nitro benzene ring substituents is 1. The molecule has 11 heteroatoms. The number of benzene rings is 2. The summed E-state index contributed by atoms with van der Waals surface area (Å²) in [6, 6.07) is 11.5. The molecule has 3 rings (SSSR count). The SMILES string of the molecule is N/N=C(/CC(C(N)=O)(c1cccc2ncccc12)C(F)(F)F)c1ccc([N+](=O)[O-])cc1. The van der Waals surface area contributed by atoms with Crippen molar-refractivity contribution >= 4 is 28.2 Å². The summed E-state index contributed by atoms with van der Waals surface area (Å²) in [6.45, 7) is 0. The average Bonchev–Trinajstić information content (AvgIpc) is 2.73. The van der Waals surface area contributed by atoms with Crippen molar-refractivity contribution in [2.75, 3.05) is 0 Å². The number of amides is 1.